The average molecular weight is 291 g/mol. The third kappa shape index (κ3) is 3.67. The molecule has 0 aliphatic heterocycles. The lowest BCUT2D eigenvalue weighted by Crippen LogP contribution is -2.22. The van der Waals surface area contributed by atoms with Gasteiger partial charge >= 0.3 is 0 Å². The summed E-state index contributed by atoms with van der Waals surface area (Å²) in [6, 6.07) is 6.37. The Morgan fingerprint density at radius 1 is 1.47 bits per heavy atom. The van der Waals surface area contributed by atoms with E-state index in [1.165, 1.54) is 12.8 Å². The minimum Gasteiger partial charge on any atom is -0.491 e. The van der Waals surface area contributed by atoms with E-state index < -0.39 is 0 Å². The lowest BCUT2D eigenvalue weighted by molar-refractivity contribution is 0.313. The van der Waals surface area contributed by atoms with Gasteiger partial charge in [-0.25, -0.2) is 0 Å². The van der Waals surface area contributed by atoms with E-state index in [9.17, 15) is 0 Å². The SMILES string of the molecule is Clc1cc(Br)ccc1OCCNC1CC1. The van der Waals surface area contributed by atoms with E-state index in [1.807, 2.05) is 18.2 Å². The molecule has 0 bridgehead atoms. The third-order valence-electron chi connectivity index (χ3n) is 2.26. The first kappa shape index (κ1) is 11.2. The van der Waals surface area contributed by atoms with Crippen molar-refractivity contribution in [1.82, 2.24) is 5.32 Å². The monoisotopic (exact) mass is 289 g/mol. The smallest absolute Gasteiger partial charge is 0.138 e. The fourth-order valence-corrected chi connectivity index (χ4v) is 2.03. The number of halogens is 2. The summed E-state index contributed by atoms with van der Waals surface area (Å²) in [5.74, 6) is 0.748. The fraction of sp³-hybridized carbons (Fsp3) is 0.455. The molecule has 0 amide bonds. The second kappa shape index (κ2) is 5.19. The van der Waals surface area contributed by atoms with Crippen molar-refractivity contribution in [2.24, 2.45) is 0 Å². The lowest BCUT2D eigenvalue weighted by Gasteiger charge is -2.08. The van der Waals surface area contributed by atoms with Crippen molar-refractivity contribution in [2.45, 2.75) is 18.9 Å². The number of hydrogen-bond acceptors (Lipinski definition) is 2. The van der Waals surface area contributed by atoms with Crippen LogP contribution >= 0.6 is 27.5 Å². The highest BCUT2D eigenvalue weighted by Gasteiger charge is 2.19. The van der Waals surface area contributed by atoms with Gasteiger partial charge in [-0.1, -0.05) is 27.5 Å². The molecule has 0 unspecified atom stereocenters. The van der Waals surface area contributed by atoms with Crippen LogP contribution in [0.25, 0.3) is 0 Å². The van der Waals surface area contributed by atoms with Crippen molar-refractivity contribution in [3.63, 3.8) is 0 Å². The molecule has 1 aromatic carbocycles. The molecule has 1 fully saturated rings. The average Bonchev–Trinajstić information content (AvgIpc) is 2.99. The van der Waals surface area contributed by atoms with Gasteiger partial charge in [0, 0.05) is 17.1 Å². The molecule has 1 saturated carbocycles. The van der Waals surface area contributed by atoms with Crippen LogP contribution in [0.3, 0.4) is 0 Å². The summed E-state index contributed by atoms with van der Waals surface area (Å²) in [5.41, 5.74) is 0. The highest BCUT2D eigenvalue weighted by Crippen LogP contribution is 2.27. The largest absolute Gasteiger partial charge is 0.491 e. The zero-order valence-electron chi connectivity index (χ0n) is 8.30. The van der Waals surface area contributed by atoms with E-state index in [4.69, 9.17) is 16.3 Å². The lowest BCUT2D eigenvalue weighted by atomic mass is 10.3. The number of ether oxygens (including phenoxy) is 1. The van der Waals surface area contributed by atoms with Gasteiger partial charge in [0.25, 0.3) is 0 Å². The highest BCUT2D eigenvalue weighted by molar-refractivity contribution is 9.10. The van der Waals surface area contributed by atoms with Crippen LogP contribution in [0, 0.1) is 0 Å². The van der Waals surface area contributed by atoms with Crippen molar-refractivity contribution in [3.05, 3.63) is 27.7 Å². The Labute approximate surface area is 103 Å². The van der Waals surface area contributed by atoms with Crippen LogP contribution in [0.5, 0.6) is 5.75 Å². The van der Waals surface area contributed by atoms with Crippen LogP contribution < -0.4 is 10.1 Å². The molecule has 15 heavy (non-hydrogen) atoms. The quantitative estimate of drug-likeness (QED) is 0.841. The summed E-state index contributed by atoms with van der Waals surface area (Å²) in [6.07, 6.45) is 2.61. The Morgan fingerprint density at radius 2 is 2.27 bits per heavy atom. The molecule has 1 N–H and O–H groups in total. The Balaban J connectivity index is 1.76. The maximum Gasteiger partial charge on any atom is 0.138 e. The molecule has 82 valence electrons. The molecule has 0 spiro atoms. The summed E-state index contributed by atoms with van der Waals surface area (Å²) in [4.78, 5) is 0. The second-order valence-corrected chi connectivity index (χ2v) is 4.97. The number of rotatable bonds is 5. The molecule has 2 rings (SSSR count). The van der Waals surface area contributed by atoms with E-state index in [2.05, 4.69) is 21.2 Å². The maximum atomic E-state index is 6.01. The van der Waals surface area contributed by atoms with Gasteiger partial charge in [-0.05, 0) is 31.0 Å². The fourth-order valence-electron chi connectivity index (χ4n) is 1.30. The number of nitrogens with one attached hydrogen (secondary N) is 1. The molecular formula is C11H13BrClNO. The van der Waals surface area contributed by atoms with E-state index in [0.717, 1.165) is 22.8 Å². The predicted molar refractivity (Wildman–Crippen MR) is 65.7 cm³/mol. The Morgan fingerprint density at radius 3 is 2.93 bits per heavy atom. The zero-order chi connectivity index (χ0) is 10.7. The minimum atomic E-state index is 0.649. The normalized spacial score (nSPS) is 15.3. The second-order valence-electron chi connectivity index (χ2n) is 3.65. The molecular weight excluding hydrogens is 277 g/mol. The minimum absolute atomic E-state index is 0.649. The maximum absolute atomic E-state index is 6.01. The van der Waals surface area contributed by atoms with Gasteiger partial charge in [-0.3, -0.25) is 0 Å². The summed E-state index contributed by atoms with van der Waals surface area (Å²) in [7, 11) is 0. The van der Waals surface area contributed by atoms with Gasteiger partial charge < -0.3 is 10.1 Å². The Hall–Kier alpha value is -0.250. The Bertz CT molecular complexity index is 341. The summed E-state index contributed by atoms with van der Waals surface area (Å²) in [5, 5.41) is 4.03. The van der Waals surface area contributed by atoms with Crippen LogP contribution in [0.1, 0.15) is 12.8 Å². The van der Waals surface area contributed by atoms with Crippen LogP contribution in [0.4, 0.5) is 0 Å². The molecule has 2 nitrogen and oxygen atoms in total. The van der Waals surface area contributed by atoms with E-state index in [0.29, 0.717) is 11.6 Å². The molecule has 0 atom stereocenters. The van der Waals surface area contributed by atoms with Gasteiger partial charge in [0.2, 0.25) is 0 Å². The molecule has 1 aliphatic carbocycles. The Kier molecular flexibility index (Phi) is 3.89. The van der Waals surface area contributed by atoms with Gasteiger partial charge in [-0.2, -0.15) is 0 Å². The van der Waals surface area contributed by atoms with E-state index in [1.54, 1.807) is 0 Å². The zero-order valence-corrected chi connectivity index (χ0v) is 10.6. The van der Waals surface area contributed by atoms with Gasteiger partial charge in [-0.15, -0.1) is 0 Å². The van der Waals surface area contributed by atoms with E-state index in [-0.39, 0.29) is 0 Å². The van der Waals surface area contributed by atoms with E-state index >= 15 is 0 Å². The van der Waals surface area contributed by atoms with Gasteiger partial charge in [0.05, 0.1) is 5.02 Å². The predicted octanol–water partition coefficient (Wildman–Crippen LogP) is 3.23. The third-order valence-corrected chi connectivity index (χ3v) is 3.05. The van der Waals surface area contributed by atoms with Crippen molar-refractivity contribution in [1.29, 1.82) is 0 Å². The summed E-state index contributed by atoms with van der Waals surface area (Å²) < 4.78 is 6.52. The first-order valence-corrected chi connectivity index (χ1v) is 6.24. The highest BCUT2D eigenvalue weighted by atomic mass is 79.9. The van der Waals surface area contributed by atoms with Gasteiger partial charge in [0.15, 0.2) is 0 Å². The first-order valence-electron chi connectivity index (χ1n) is 5.07. The molecule has 1 aromatic rings. The van der Waals surface area contributed by atoms with Crippen LogP contribution in [-0.2, 0) is 0 Å². The first-order chi connectivity index (χ1) is 7.25. The van der Waals surface area contributed by atoms with Gasteiger partial charge in [0.1, 0.15) is 12.4 Å². The van der Waals surface area contributed by atoms with Crippen molar-refractivity contribution < 1.29 is 4.74 Å². The molecule has 1 aliphatic rings. The van der Waals surface area contributed by atoms with Crippen LogP contribution in [-0.4, -0.2) is 19.2 Å². The van der Waals surface area contributed by atoms with Crippen LogP contribution in [0.15, 0.2) is 22.7 Å². The molecule has 0 radical (unpaired) electrons. The molecule has 4 heteroatoms. The van der Waals surface area contributed by atoms with Crippen molar-refractivity contribution in [3.8, 4) is 5.75 Å². The topological polar surface area (TPSA) is 21.3 Å². The molecule has 0 saturated heterocycles. The number of hydrogen-bond donors (Lipinski definition) is 1. The standard InChI is InChI=1S/C11H13BrClNO/c12-8-1-4-11(10(13)7-8)15-6-5-14-9-2-3-9/h1,4,7,9,14H,2-3,5-6H2. The van der Waals surface area contributed by atoms with Crippen LogP contribution in [0.2, 0.25) is 5.02 Å². The summed E-state index contributed by atoms with van der Waals surface area (Å²) >= 11 is 9.36. The summed E-state index contributed by atoms with van der Waals surface area (Å²) in [6.45, 7) is 1.55. The van der Waals surface area contributed by atoms with Crippen molar-refractivity contribution in [2.75, 3.05) is 13.2 Å². The number of benzene rings is 1. The molecule has 0 heterocycles. The molecule has 0 aromatic heterocycles. The van der Waals surface area contributed by atoms with Crippen molar-refractivity contribution >= 4 is 27.5 Å².